The number of nitrogens with one attached hydrogen (secondary N) is 2. The standard InChI is InChI=1S/C29H21N3O6/c1-36-28(34)18-12-19(30-27(33)17-10-11-25-26(14-17)38-16-37-25)15-20(13-18)31-29(35)32-23-8-4-2-6-21(23)22-7-3-5-9-24(22)32/h2-15H,16H2,1H3,(H,30,33)(H,31,35). The van der Waals surface area contributed by atoms with E-state index >= 15 is 0 Å². The molecule has 38 heavy (non-hydrogen) atoms. The predicted octanol–water partition coefficient (Wildman–Crippen LogP) is 5.64. The van der Waals surface area contributed by atoms with Crippen LogP contribution in [0.3, 0.4) is 0 Å². The van der Waals surface area contributed by atoms with Crippen LogP contribution in [0.4, 0.5) is 16.2 Å². The Hall–Kier alpha value is -5.31. The molecule has 188 valence electrons. The first kappa shape index (κ1) is 23.1. The molecule has 0 fully saturated rings. The van der Waals surface area contributed by atoms with Crippen LogP contribution in [0.15, 0.2) is 84.9 Å². The highest BCUT2D eigenvalue weighted by molar-refractivity contribution is 6.15. The molecule has 0 saturated heterocycles. The summed E-state index contributed by atoms with van der Waals surface area (Å²) in [5.74, 6) is -0.00841. The SMILES string of the molecule is COC(=O)c1cc(NC(=O)c2ccc3c(c2)OCO3)cc(NC(=O)n2c3ccccc3c3ccccc32)c1. The quantitative estimate of drug-likeness (QED) is 0.305. The maximum Gasteiger partial charge on any atom is 0.337 e. The lowest BCUT2D eigenvalue weighted by molar-refractivity contribution is 0.0600. The van der Waals surface area contributed by atoms with E-state index in [1.165, 1.54) is 19.2 Å². The number of para-hydroxylation sites is 2. The number of methoxy groups -OCH3 is 1. The van der Waals surface area contributed by atoms with Crippen molar-refractivity contribution in [2.45, 2.75) is 0 Å². The molecule has 0 bridgehead atoms. The Balaban J connectivity index is 1.34. The highest BCUT2D eigenvalue weighted by Crippen LogP contribution is 2.33. The minimum Gasteiger partial charge on any atom is -0.465 e. The Bertz CT molecular complexity index is 1700. The average molecular weight is 508 g/mol. The third-order valence-electron chi connectivity index (χ3n) is 6.28. The molecular weight excluding hydrogens is 486 g/mol. The molecule has 2 heterocycles. The summed E-state index contributed by atoms with van der Waals surface area (Å²) < 4.78 is 17.1. The minimum absolute atomic E-state index is 0.0939. The van der Waals surface area contributed by atoms with Crippen molar-refractivity contribution in [2.24, 2.45) is 0 Å². The molecule has 9 heteroatoms. The van der Waals surface area contributed by atoms with Gasteiger partial charge in [-0.25, -0.2) is 9.59 Å². The van der Waals surface area contributed by atoms with E-state index in [4.69, 9.17) is 14.2 Å². The normalized spacial score (nSPS) is 11.9. The van der Waals surface area contributed by atoms with Crippen molar-refractivity contribution < 1.29 is 28.6 Å². The number of hydrogen-bond acceptors (Lipinski definition) is 6. The van der Waals surface area contributed by atoms with Gasteiger partial charge in [0.25, 0.3) is 5.91 Å². The molecule has 0 radical (unpaired) electrons. The Morgan fingerprint density at radius 1 is 0.737 bits per heavy atom. The number of amides is 2. The number of fused-ring (bicyclic) bond motifs is 4. The van der Waals surface area contributed by atoms with Gasteiger partial charge in [-0.2, -0.15) is 0 Å². The largest absolute Gasteiger partial charge is 0.465 e. The van der Waals surface area contributed by atoms with Gasteiger partial charge in [-0.05, 0) is 48.5 Å². The van der Waals surface area contributed by atoms with E-state index in [-0.39, 0.29) is 12.4 Å². The number of benzene rings is 4. The second-order valence-electron chi connectivity index (χ2n) is 8.61. The van der Waals surface area contributed by atoms with Gasteiger partial charge in [-0.1, -0.05) is 36.4 Å². The maximum absolute atomic E-state index is 13.5. The minimum atomic E-state index is -0.614. The predicted molar refractivity (Wildman–Crippen MR) is 142 cm³/mol. The molecule has 0 unspecified atom stereocenters. The average Bonchev–Trinajstić information content (AvgIpc) is 3.54. The van der Waals surface area contributed by atoms with Crippen LogP contribution in [-0.4, -0.2) is 36.4 Å². The molecule has 0 atom stereocenters. The Morgan fingerprint density at radius 2 is 1.37 bits per heavy atom. The number of hydrogen-bond donors (Lipinski definition) is 2. The Morgan fingerprint density at radius 3 is 2.05 bits per heavy atom. The monoisotopic (exact) mass is 507 g/mol. The molecule has 6 rings (SSSR count). The van der Waals surface area contributed by atoms with Crippen molar-refractivity contribution in [3.05, 3.63) is 96.1 Å². The van der Waals surface area contributed by atoms with Gasteiger partial charge >= 0.3 is 12.0 Å². The van der Waals surface area contributed by atoms with Crippen molar-refractivity contribution in [3.8, 4) is 11.5 Å². The lowest BCUT2D eigenvalue weighted by Crippen LogP contribution is -2.20. The van der Waals surface area contributed by atoms with E-state index in [9.17, 15) is 14.4 Å². The van der Waals surface area contributed by atoms with Gasteiger partial charge in [0.1, 0.15) is 0 Å². The van der Waals surface area contributed by atoms with Crippen molar-refractivity contribution in [1.82, 2.24) is 4.57 Å². The molecular formula is C29H21N3O6. The molecule has 2 N–H and O–H groups in total. The van der Waals surface area contributed by atoms with Gasteiger partial charge in [0.05, 0.1) is 23.7 Å². The summed E-state index contributed by atoms with van der Waals surface area (Å²) in [5.41, 5.74) is 2.59. The first-order valence-electron chi connectivity index (χ1n) is 11.8. The number of esters is 1. The number of rotatable bonds is 4. The topological polar surface area (TPSA) is 108 Å². The van der Waals surface area contributed by atoms with E-state index < -0.39 is 17.9 Å². The van der Waals surface area contributed by atoms with Crippen LogP contribution in [0.2, 0.25) is 0 Å². The second-order valence-corrected chi connectivity index (χ2v) is 8.61. The van der Waals surface area contributed by atoms with Crippen LogP contribution < -0.4 is 20.1 Å². The molecule has 0 spiro atoms. The smallest absolute Gasteiger partial charge is 0.337 e. The van der Waals surface area contributed by atoms with Crippen LogP contribution >= 0.6 is 0 Å². The summed E-state index contributed by atoms with van der Waals surface area (Å²) >= 11 is 0. The zero-order chi connectivity index (χ0) is 26.2. The molecule has 1 aliphatic heterocycles. The van der Waals surface area contributed by atoms with Crippen molar-refractivity contribution in [1.29, 1.82) is 0 Å². The van der Waals surface area contributed by atoms with Crippen molar-refractivity contribution in [3.63, 3.8) is 0 Å². The summed E-state index contributed by atoms with van der Waals surface area (Å²) in [6.07, 6.45) is 0. The van der Waals surface area contributed by atoms with Gasteiger partial charge < -0.3 is 24.8 Å². The van der Waals surface area contributed by atoms with Gasteiger partial charge in [0.15, 0.2) is 11.5 Å². The fourth-order valence-corrected chi connectivity index (χ4v) is 4.57. The zero-order valence-corrected chi connectivity index (χ0v) is 20.2. The summed E-state index contributed by atoms with van der Waals surface area (Å²) in [6.45, 7) is 0.0939. The van der Waals surface area contributed by atoms with Crippen LogP contribution in [-0.2, 0) is 4.74 Å². The molecule has 9 nitrogen and oxygen atoms in total. The Labute approximate surface area is 216 Å². The zero-order valence-electron chi connectivity index (χ0n) is 20.2. The van der Waals surface area contributed by atoms with Gasteiger partial charge in [0.2, 0.25) is 6.79 Å². The van der Waals surface area contributed by atoms with Crippen LogP contribution in [0.5, 0.6) is 11.5 Å². The third kappa shape index (κ3) is 4.05. The fraction of sp³-hybridized carbons (Fsp3) is 0.0690. The van der Waals surface area contributed by atoms with Crippen molar-refractivity contribution in [2.75, 3.05) is 24.5 Å². The summed E-state index contributed by atoms with van der Waals surface area (Å²) in [7, 11) is 1.26. The third-order valence-corrected chi connectivity index (χ3v) is 6.28. The number of nitrogens with zero attached hydrogens (tertiary/aromatic N) is 1. The van der Waals surface area contributed by atoms with Crippen LogP contribution in [0, 0.1) is 0 Å². The molecule has 1 aliphatic rings. The molecule has 0 aliphatic carbocycles. The summed E-state index contributed by atoms with van der Waals surface area (Å²) in [4.78, 5) is 38.9. The number of anilines is 2. The van der Waals surface area contributed by atoms with E-state index in [1.54, 1.807) is 28.8 Å². The molecule has 1 aromatic heterocycles. The summed E-state index contributed by atoms with van der Waals surface area (Å²) in [6, 6.07) is 24.2. The number of ether oxygens (including phenoxy) is 3. The van der Waals surface area contributed by atoms with E-state index in [2.05, 4.69) is 10.6 Å². The van der Waals surface area contributed by atoms with Crippen LogP contribution in [0.1, 0.15) is 20.7 Å². The van der Waals surface area contributed by atoms with Crippen molar-refractivity contribution >= 4 is 51.1 Å². The number of carbonyl (C=O) groups is 3. The van der Waals surface area contributed by atoms with Gasteiger partial charge in [0, 0.05) is 27.7 Å². The van der Waals surface area contributed by atoms with Crippen LogP contribution in [0.25, 0.3) is 21.8 Å². The second kappa shape index (κ2) is 9.29. The Kier molecular flexibility index (Phi) is 5.65. The van der Waals surface area contributed by atoms with Gasteiger partial charge in [-0.3, -0.25) is 9.36 Å². The fourth-order valence-electron chi connectivity index (χ4n) is 4.57. The molecule has 5 aromatic rings. The van der Waals surface area contributed by atoms with E-state index in [0.717, 1.165) is 21.8 Å². The van der Waals surface area contributed by atoms with E-state index in [1.807, 2.05) is 48.5 Å². The first-order valence-corrected chi connectivity index (χ1v) is 11.8. The van der Waals surface area contributed by atoms with Gasteiger partial charge in [-0.15, -0.1) is 0 Å². The molecule has 4 aromatic carbocycles. The lowest BCUT2D eigenvalue weighted by atomic mass is 10.1. The highest BCUT2D eigenvalue weighted by atomic mass is 16.7. The first-order chi connectivity index (χ1) is 18.5. The maximum atomic E-state index is 13.5. The lowest BCUT2D eigenvalue weighted by Gasteiger charge is -2.13. The highest BCUT2D eigenvalue weighted by Gasteiger charge is 2.19. The molecule has 2 amide bonds. The number of carbonyl (C=O) groups excluding carboxylic acids is 3. The number of aromatic nitrogens is 1. The van der Waals surface area contributed by atoms with E-state index in [0.29, 0.717) is 28.4 Å². The summed E-state index contributed by atoms with van der Waals surface area (Å²) in [5, 5.41) is 7.52. The molecule has 0 saturated carbocycles.